The minimum atomic E-state index is -3.83. The Morgan fingerprint density at radius 1 is 1.33 bits per heavy atom. The molecule has 1 unspecified atom stereocenters. The molecule has 0 aromatic heterocycles. The molecule has 74 valence electrons. The molecule has 0 spiro atoms. The van der Waals surface area contributed by atoms with Crippen molar-refractivity contribution in [2.24, 2.45) is 5.92 Å². The molecule has 0 aliphatic heterocycles. The van der Waals surface area contributed by atoms with Crippen LogP contribution in [0, 0.1) is 5.92 Å². The molecule has 1 atom stereocenters. The molecule has 5 heteroatoms. The van der Waals surface area contributed by atoms with E-state index in [1.165, 1.54) is 0 Å². The van der Waals surface area contributed by atoms with Crippen LogP contribution in [-0.4, -0.2) is 29.1 Å². The lowest BCUT2D eigenvalue weighted by atomic mass is 10.0. The lowest BCUT2D eigenvalue weighted by Gasteiger charge is -2.17. The number of halogens is 1. The van der Waals surface area contributed by atoms with Gasteiger partial charge in [0.25, 0.3) is 0 Å². The van der Waals surface area contributed by atoms with Gasteiger partial charge in [-0.1, -0.05) is 13.3 Å². The molecular weight excluding hydrogens is 196 g/mol. The average molecular weight is 213 g/mol. The molecule has 0 aromatic rings. The summed E-state index contributed by atoms with van der Waals surface area (Å²) in [6.45, 7) is 1.97. The third kappa shape index (κ3) is 7.06. The molecule has 0 saturated carbocycles. The minimum Gasteiger partial charge on any atom is -0.390 e. The SMILES string of the molecule is CCC(CCCCl)C[Si](O)(O)O. The maximum Gasteiger partial charge on any atom is 0.493 e. The Balaban J connectivity index is 3.67. The summed E-state index contributed by atoms with van der Waals surface area (Å²) in [6.07, 6.45) is 2.58. The summed E-state index contributed by atoms with van der Waals surface area (Å²) in [5.74, 6) is 0.781. The molecular formula is C7H17ClO3Si. The second-order valence-corrected chi connectivity index (χ2v) is 5.42. The summed E-state index contributed by atoms with van der Waals surface area (Å²) in [7, 11) is -3.83. The summed E-state index contributed by atoms with van der Waals surface area (Å²) in [4.78, 5) is 26.5. The van der Waals surface area contributed by atoms with Gasteiger partial charge in [0.2, 0.25) is 0 Å². The Hall–Kier alpha value is 0.387. The number of alkyl halides is 1. The Morgan fingerprint density at radius 3 is 2.25 bits per heavy atom. The first kappa shape index (κ1) is 12.4. The summed E-state index contributed by atoms with van der Waals surface area (Å²) >= 11 is 5.50. The van der Waals surface area contributed by atoms with Gasteiger partial charge in [-0.05, 0) is 18.8 Å². The first-order valence-corrected chi connectivity index (χ1v) is 6.81. The molecule has 3 N–H and O–H groups in total. The van der Waals surface area contributed by atoms with E-state index in [0.717, 1.165) is 19.3 Å². The summed E-state index contributed by atoms with van der Waals surface area (Å²) in [6, 6.07) is 0.139. The van der Waals surface area contributed by atoms with E-state index >= 15 is 0 Å². The van der Waals surface area contributed by atoms with Crippen LogP contribution in [0.5, 0.6) is 0 Å². The van der Waals surface area contributed by atoms with E-state index in [1.807, 2.05) is 6.92 Å². The normalized spacial score (nSPS) is 14.8. The smallest absolute Gasteiger partial charge is 0.390 e. The van der Waals surface area contributed by atoms with E-state index in [2.05, 4.69) is 0 Å². The molecule has 0 aliphatic rings. The highest BCUT2D eigenvalue weighted by Crippen LogP contribution is 2.19. The molecule has 0 radical (unpaired) electrons. The van der Waals surface area contributed by atoms with Crippen LogP contribution in [0.4, 0.5) is 0 Å². The number of rotatable bonds is 6. The zero-order valence-electron chi connectivity index (χ0n) is 7.33. The molecule has 12 heavy (non-hydrogen) atoms. The molecule has 0 amide bonds. The highest BCUT2D eigenvalue weighted by atomic mass is 35.5. The van der Waals surface area contributed by atoms with Crippen LogP contribution in [0.3, 0.4) is 0 Å². The van der Waals surface area contributed by atoms with Gasteiger partial charge in [-0.15, -0.1) is 11.6 Å². The van der Waals surface area contributed by atoms with Gasteiger partial charge in [-0.2, -0.15) is 0 Å². The Kier molecular flexibility index (Phi) is 6.13. The van der Waals surface area contributed by atoms with Crippen molar-refractivity contribution in [3.8, 4) is 0 Å². The highest BCUT2D eigenvalue weighted by Gasteiger charge is 2.30. The third-order valence-electron chi connectivity index (χ3n) is 1.89. The van der Waals surface area contributed by atoms with Crippen molar-refractivity contribution in [1.82, 2.24) is 0 Å². The zero-order valence-corrected chi connectivity index (χ0v) is 9.09. The van der Waals surface area contributed by atoms with Crippen molar-refractivity contribution in [2.45, 2.75) is 32.2 Å². The van der Waals surface area contributed by atoms with Crippen LogP contribution >= 0.6 is 11.6 Å². The Morgan fingerprint density at radius 2 is 1.92 bits per heavy atom. The Labute approximate surface area is 79.4 Å². The number of hydrogen-bond donors (Lipinski definition) is 3. The first-order chi connectivity index (χ1) is 5.49. The van der Waals surface area contributed by atoms with Crippen molar-refractivity contribution in [3.05, 3.63) is 0 Å². The quantitative estimate of drug-likeness (QED) is 0.454. The molecule has 3 nitrogen and oxygen atoms in total. The van der Waals surface area contributed by atoms with E-state index in [9.17, 15) is 0 Å². The van der Waals surface area contributed by atoms with Crippen molar-refractivity contribution >= 4 is 20.4 Å². The van der Waals surface area contributed by atoms with Crippen molar-refractivity contribution < 1.29 is 14.4 Å². The van der Waals surface area contributed by atoms with E-state index in [1.54, 1.807) is 0 Å². The highest BCUT2D eigenvalue weighted by molar-refractivity contribution is 6.56. The van der Waals surface area contributed by atoms with Gasteiger partial charge >= 0.3 is 8.80 Å². The Bertz CT molecular complexity index is 116. The molecule has 0 bridgehead atoms. The zero-order chi connectivity index (χ0) is 9.61. The van der Waals surface area contributed by atoms with Gasteiger partial charge < -0.3 is 14.4 Å². The molecule has 0 rings (SSSR count). The third-order valence-corrected chi connectivity index (χ3v) is 3.28. The first-order valence-electron chi connectivity index (χ1n) is 4.22. The van der Waals surface area contributed by atoms with Gasteiger partial charge in [-0.25, -0.2) is 0 Å². The fraction of sp³-hybridized carbons (Fsp3) is 1.00. The topological polar surface area (TPSA) is 60.7 Å². The van der Waals surface area contributed by atoms with Crippen LogP contribution in [0.25, 0.3) is 0 Å². The molecule has 0 aliphatic carbocycles. The predicted octanol–water partition coefficient (Wildman–Crippen LogP) is 0.947. The van der Waals surface area contributed by atoms with Crippen molar-refractivity contribution in [2.75, 3.05) is 5.88 Å². The monoisotopic (exact) mass is 212 g/mol. The maximum absolute atomic E-state index is 8.84. The fourth-order valence-corrected chi connectivity index (χ4v) is 2.63. The van der Waals surface area contributed by atoms with Crippen LogP contribution in [-0.2, 0) is 0 Å². The van der Waals surface area contributed by atoms with E-state index in [-0.39, 0.29) is 12.0 Å². The largest absolute Gasteiger partial charge is 0.493 e. The van der Waals surface area contributed by atoms with Crippen molar-refractivity contribution in [3.63, 3.8) is 0 Å². The van der Waals surface area contributed by atoms with E-state index in [0.29, 0.717) is 5.88 Å². The molecule has 0 fully saturated rings. The van der Waals surface area contributed by atoms with Gasteiger partial charge in [-0.3, -0.25) is 0 Å². The van der Waals surface area contributed by atoms with E-state index < -0.39 is 8.80 Å². The molecule has 0 heterocycles. The molecule has 0 saturated heterocycles. The number of hydrogen-bond acceptors (Lipinski definition) is 3. The van der Waals surface area contributed by atoms with Crippen LogP contribution < -0.4 is 0 Å². The van der Waals surface area contributed by atoms with Gasteiger partial charge in [0.15, 0.2) is 0 Å². The van der Waals surface area contributed by atoms with Crippen LogP contribution in [0.1, 0.15) is 26.2 Å². The average Bonchev–Trinajstić information content (AvgIpc) is 1.95. The summed E-state index contributed by atoms with van der Waals surface area (Å²) < 4.78 is 0. The second kappa shape index (κ2) is 5.94. The maximum atomic E-state index is 8.84. The van der Waals surface area contributed by atoms with Crippen LogP contribution in [0.15, 0.2) is 0 Å². The van der Waals surface area contributed by atoms with Gasteiger partial charge in [0, 0.05) is 11.9 Å². The standard InChI is InChI=1S/C7H17ClO3Si/c1-2-7(4-3-5-8)6-12(9,10)11/h7,9-11H,2-6H2,1H3. The lowest BCUT2D eigenvalue weighted by molar-refractivity contribution is 0.215. The molecule has 0 aromatic carbocycles. The predicted molar refractivity (Wildman–Crippen MR) is 51.0 cm³/mol. The van der Waals surface area contributed by atoms with E-state index in [4.69, 9.17) is 26.0 Å². The summed E-state index contributed by atoms with van der Waals surface area (Å²) in [5.41, 5.74) is 0. The fourth-order valence-electron chi connectivity index (χ4n) is 1.20. The minimum absolute atomic E-state index is 0.139. The van der Waals surface area contributed by atoms with Gasteiger partial charge in [0.05, 0.1) is 0 Å². The van der Waals surface area contributed by atoms with Gasteiger partial charge in [0.1, 0.15) is 0 Å². The second-order valence-electron chi connectivity index (χ2n) is 3.08. The lowest BCUT2D eigenvalue weighted by Crippen LogP contribution is -2.36. The van der Waals surface area contributed by atoms with Crippen LogP contribution in [0.2, 0.25) is 6.04 Å². The summed E-state index contributed by atoms with van der Waals surface area (Å²) in [5, 5.41) is 0. The van der Waals surface area contributed by atoms with Crippen molar-refractivity contribution in [1.29, 1.82) is 0 Å².